The Kier molecular flexibility index (Phi) is 7.67. The molecule has 0 bridgehead atoms. The molecular formula is C26H32N2O4. The van der Waals surface area contributed by atoms with Crippen molar-refractivity contribution in [3.8, 4) is 5.75 Å². The van der Waals surface area contributed by atoms with Crippen LogP contribution in [0.25, 0.3) is 0 Å². The molecule has 6 heteroatoms. The van der Waals surface area contributed by atoms with Crippen LogP contribution in [0.4, 0.5) is 0 Å². The summed E-state index contributed by atoms with van der Waals surface area (Å²) in [4.78, 5) is 28.0. The predicted octanol–water partition coefficient (Wildman–Crippen LogP) is 4.48. The lowest BCUT2D eigenvalue weighted by atomic mass is 10.0. The Morgan fingerprint density at radius 2 is 1.59 bits per heavy atom. The van der Waals surface area contributed by atoms with Crippen molar-refractivity contribution in [3.05, 3.63) is 65.2 Å². The molecule has 1 amide bonds. The lowest BCUT2D eigenvalue weighted by Crippen LogP contribution is -2.37. The van der Waals surface area contributed by atoms with E-state index in [1.54, 1.807) is 12.1 Å². The van der Waals surface area contributed by atoms with Crippen LogP contribution in [0.5, 0.6) is 5.75 Å². The monoisotopic (exact) mass is 436 g/mol. The third kappa shape index (κ3) is 6.67. The van der Waals surface area contributed by atoms with Gasteiger partial charge in [0.15, 0.2) is 5.60 Å². The normalized spacial score (nSPS) is 15.9. The number of ether oxygens (including phenoxy) is 1. The average molecular weight is 437 g/mol. The molecule has 2 aromatic carbocycles. The third-order valence-electron chi connectivity index (χ3n) is 5.64. The molecule has 1 heterocycles. The molecule has 0 saturated carbocycles. The highest BCUT2D eigenvalue weighted by Gasteiger charge is 2.29. The first-order chi connectivity index (χ1) is 15.2. The maximum absolute atomic E-state index is 12.2. The summed E-state index contributed by atoms with van der Waals surface area (Å²) in [6.07, 6.45) is 5.09. The van der Waals surface area contributed by atoms with Crippen molar-refractivity contribution in [1.29, 1.82) is 0 Å². The molecule has 1 atom stereocenters. The number of carbonyl (C=O) groups excluding carboxylic acids is 1. The Balaban J connectivity index is 1.41. The largest absolute Gasteiger partial charge is 0.478 e. The minimum atomic E-state index is -1.27. The minimum absolute atomic E-state index is 0.00597. The summed E-state index contributed by atoms with van der Waals surface area (Å²) in [6, 6.07) is 15.7. The van der Waals surface area contributed by atoms with Gasteiger partial charge in [0, 0.05) is 6.42 Å². The predicted molar refractivity (Wildman–Crippen MR) is 125 cm³/mol. The molecule has 0 aliphatic carbocycles. The van der Waals surface area contributed by atoms with E-state index < -0.39 is 11.6 Å². The summed E-state index contributed by atoms with van der Waals surface area (Å²) >= 11 is 0. The summed E-state index contributed by atoms with van der Waals surface area (Å²) < 4.78 is 5.53. The van der Waals surface area contributed by atoms with Gasteiger partial charge in [-0.05, 0) is 76.1 Å². The number of aliphatic imine (C=N–C) groups is 1. The topological polar surface area (TPSA) is 88.0 Å². The number of aryl methyl sites for hydroxylation is 3. The number of nitrogens with zero attached hydrogens (tertiary/aromatic N) is 1. The average Bonchev–Trinajstić information content (AvgIpc) is 3.10. The lowest BCUT2D eigenvalue weighted by molar-refractivity contribution is -0.152. The molecule has 0 aromatic heterocycles. The molecule has 1 unspecified atom stereocenters. The van der Waals surface area contributed by atoms with Crippen molar-refractivity contribution in [1.82, 2.24) is 5.32 Å². The van der Waals surface area contributed by atoms with E-state index in [0.717, 1.165) is 49.9 Å². The van der Waals surface area contributed by atoms with Gasteiger partial charge >= 0.3 is 5.97 Å². The highest BCUT2D eigenvalue weighted by atomic mass is 16.5. The molecule has 0 saturated heterocycles. The van der Waals surface area contributed by atoms with Gasteiger partial charge < -0.3 is 15.2 Å². The molecular weight excluding hydrogens is 404 g/mol. The standard InChI is InChI=1S/C26H32N2O4/c1-18-10-12-19(13-11-18)6-4-8-22-24(29)28-23(27-22)9-5-7-20-14-16-21(17-15-20)32-26(2,3)25(30)31/h10-17,22H,4-9H2,1-3H3,(H,30,31)(H,27,28,29). The van der Waals surface area contributed by atoms with Gasteiger partial charge in [-0.3, -0.25) is 9.79 Å². The summed E-state index contributed by atoms with van der Waals surface area (Å²) in [5.41, 5.74) is 2.41. The van der Waals surface area contributed by atoms with Crippen LogP contribution in [0.1, 0.15) is 56.2 Å². The zero-order chi connectivity index (χ0) is 23.1. The van der Waals surface area contributed by atoms with Crippen LogP contribution >= 0.6 is 0 Å². The summed E-state index contributed by atoms with van der Waals surface area (Å²) in [5, 5.41) is 12.1. The molecule has 2 N–H and O–H groups in total. The van der Waals surface area contributed by atoms with E-state index in [-0.39, 0.29) is 11.9 Å². The fraction of sp³-hybridized carbons (Fsp3) is 0.423. The van der Waals surface area contributed by atoms with Crippen LogP contribution in [0, 0.1) is 6.92 Å². The zero-order valence-electron chi connectivity index (χ0n) is 19.1. The number of carboxylic acid groups (broad SMARTS) is 1. The number of carbonyl (C=O) groups is 2. The van der Waals surface area contributed by atoms with Gasteiger partial charge in [-0.25, -0.2) is 4.79 Å². The van der Waals surface area contributed by atoms with Crippen molar-refractivity contribution in [2.24, 2.45) is 4.99 Å². The molecule has 0 radical (unpaired) electrons. The van der Waals surface area contributed by atoms with Crippen LogP contribution in [-0.2, 0) is 22.4 Å². The maximum Gasteiger partial charge on any atom is 0.347 e. The Bertz CT molecular complexity index is 962. The summed E-state index contributed by atoms with van der Waals surface area (Å²) in [5.74, 6) is 0.307. The second-order valence-corrected chi connectivity index (χ2v) is 8.87. The highest BCUT2D eigenvalue weighted by Crippen LogP contribution is 2.20. The smallest absolute Gasteiger partial charge is 0.347 e. The fourth-order valence-electron chi connectivity index (χ4n) is 3.60. The van der Waals surface area contributed by atoms with Gasteiger partial charge in [0.25, 0.3) is 0 Å². The second-order valence-electron chi connectivity index (χ2n) is 8.87. The van der Waals surface area contributed by atoms with Crippen molar-refractivity contribution in [2.75, 3.05) is 0 Å². The SMILES string of the molecule is Cc1ccc(CCCC2N=C(CCCc3ccc(OC(C)(C)C(=O)O)cc3)NC2=O)cc1. The molecule has 6 nitrogen and oxygen atoms in total. The number of hydrogen-bond acceptors (Lipinski definition) is 4. The summed E-state index contributed by atoms with van der Waals surface area (Å²) in [7, 11) is 0. The maximum atomic E-state index is 12.2. The Morgan fingerprint density at radius 1 is 1.00 bits per heavy atom. The van der Waals surface area contributed by atoms with Gasteiger partial charge in [0.1, 0.15) is 17.6 Å². The van der Waals surface area contributed by atoms with Crippen molar-refractivity contribution < 1.29 is 19.4 Å². The quantitative estimate of drug-likeness (QED) is 0.544. The van der Waals surface area contributed by atoms with Crippen LogP contribution in [0.15, 0.2) is 53.5 Å². The van der Waals surface area contributed by atoms with Gasteiger partial charge in [-0.2, -0.15) is 0 Å². The Labute approximate surface area is 189 Å². The molecule has 2 aromatic rings. The number of hydrogen-bond donors (Lipinski definition) is 2. The van der Waals surface area contributed by atoms with Gasteiger partial charge in [-0.15, -0.1) is 0 Å². The van der Waals surface area contributed by atoms with Crippen LogP contribution in [0.3, 0.4) is 0 Å². The summed E-state index contributed by atoms with van der Waals surface area (Å²) in [6.45, 7) is 5.13. The number of aliphatic carboxylic acids is 1. The Hall–Kier alpha value is -3.15. The highest BCUT2D eigenvalue weighted by molar-refractivity contribution is 6.05. The number of amides is 1. The minimum Gasteiger partial charge on any atom is -0.478 e. The second kappa shape index (κ2) is 10.4. The van der Waals surface area contributed by atoms with Gasteiger partial charge in [0.2, 0.25) is 5.91 Å². The number of rotatable bonds is 11. The number of benzene rings is 2. The molecule has 0 fully saturated rings. The van der Waals surface area contributed by atoms with E-state index in [2.05, 4.69) is 41.5 Å². The molecule has 3 rings (SSSR count). The van der Waals surface area contributed by atoms with Crippen LogP contribution < -0.4 is 10.1 Å². The lowest BCUT2D eigenvalue weighted by Gasteiger charge is -2.21. The third-order valence-corrected chi connectivity index (χ3v) is 5.64. The van der Waals surface area contributed by atoms with E-state index in [1.807, 2.05) is 12.1 Å². The van der Waals surface area contributed by atoms with E-state index in [9.17, 15) is 9.59 Å². The van der Waals surface area contributed by atoms with Crippen LogP contribution in [0.2, 0.25) is 0 Å². The molecule has 0 spiro atoms. The zero-order valence-corrected chi connectivity index (χ0v) is 19.1. The van der Waals surface area contributed by atoms with E-state index >= 15 is 0 Å². The first kappa shape index (κ1) is 23.5. The molecule has 32 heavy (non-hydrogen) atoms. The number of carboxylic acids is 1. The van der Waals surface area contributed by atoms with Crippen molar-refractivity contribution in [2.45, 2.75) is 70.9 Å². The van der Waals surface area contributed by atoms with Crippen molar-refractivity contribution in [3.63, 3.8) is 0 Å². The van der Waals surface area contributed by atoms with Gasteiger partial charge in [-0.1, -0.05) is 42.0 Å². The fourth-order valence-corrected chi connectivity index (χ4v) is 3.60. The van der Waals surface area contributed by atoms with Crippen molar-refractivity contribution >= 4 is 17.7 Å². The molecule has 1 aliphatic rings. The van der Waals surface area contributed by atoms with E-state index in [4.69, 9.17) is 9.84 Å². The van der Waals surface area contributed by atoms with E-state index in [0.29, 0.717) is 5.75 Å². The van der Waals surface area contributed by atoms with Gasteiger partial charge in [0.05, 0.1) is 0 Å². The number of amidine groups is 1. The first-order valence-corrected chi connectivity index (χ1v) is 11.2. The molecule has 1 aliphatic heterocycles. The van der Waals surface area contributed by atoms with E-state index in [1.165, 1.54) is 25.0 Å². The number of nitrogens with one attached hydrogen (secondary N) is 1. The first-order valence-electron chi connectivity index (χ1n) is 11.2. The Morgan fingerprint density at radius 3 is 2.22 bits per heavy atom. The molecule has 170 valence electrons. The van der Waals surface area contributed by atoms with Crippen LogP contribution in [-0.4, -0.2) is 34.5 Å².